The van der Waals surface area contributed by atoms with E-state index in [1.807, 2.05) is 18.2 Å². The van der Waals surface area contributed by atoms with Crippen LogP contribution in [0.2, 0.25) is 0 Å². The van der Waals surface area contributed by atoms with Crippen molar-refractivity contribution in [3.05, 3.63) is 54.1 Å². The highest BCUT2D eigenvalue weighted by Crippen LogP contribution is 2.29. The van der Waals surface area contributed by atoms with Gasteiger partial charge in [-0.2, -0.15) is 0 Å². The number of benzene rings is 2. The highest BCUT2D eigenvalue weighted by Gasteiger charge is 2.02. The zero-order valence-electron chi connectivity index (χ0n) is 10.9. The van der Waals surface area contributed by atoms with Crippen molar-refractivity contribution in [2.24, 2.45) is 0 Å². The van der Waals surface area contributed by atoms with Gasteiger partial charge >= 0.3 is 0 Å². The third-order valence-corrected chi connectivity index (χ3v) is 2.31. The number of aryl methyl sites for hydroxylation is 1. The molecule has 0 spiro atoms. The van der Waals surface area contributed by atoms with Crippen LogP contribution in [0.3, 0.4) is 0 Å². The predicted octanol–water partition coefficient (Wildman–Crippen LogP) is 3.40. The van der Waals surface area contributed by atoms with Crippen LogP contribution in [0, 0.1) is 6.92 Å². The van der Waals surface area contributed by atoms with Gasteiger partial charge in [-0.25, -0.2) is 0 Å². The van der Waals surface area contributed by atoms with Crippen LogP contribution in [-0.2, 0) is 0 Å². The molecule has 0 aliphatic rings. The number of ether oxygens (including phenoxy) is 2. The van der Waals surface area contributed by atoms with Crippen molar-refractivity contribution >= 4 is 0 Å². The summed E-state index contributed by atoms with van der Waals surface area (Å²) < 4.78 is 9.89. The van der Waals surface area contributed by atoms with Crippen LogP contribution in [0.15, 0.2) is 48.5 Å². The van der Waals surface area contributed by atoms with E-state index in [1.165, 1.54) is 18.7 Å². The third-order valence-electron chi connectivity index (χ3n) is 2.31. The minimum absolute atomic E-state index is 0.169. The van der Waals surface area contributed by atoms with Crippen LogP contribution in [0.4, 0.5) is 0 Å². The molecule has 18 heavy (non-hydrogen) atoms. The van der Waals surface area contributed by atoms with E-state index < -0.39 is 0 Å². The summed E-state index contributed by atoms with van der Waals surface area (Å²) in [5.41, 5.74) is 1.32. The van der Waals surface area contributed by atoms with Gasteiger partial charge in [0, 0.05) is 6.07 Å². The standard InChI is InChI=1S/C8H10O3.C7H8/c1-10-7-4-3-6(9)5-8(7)11-2;1-7-5-3-2-4-6-7/h3-5,9H,1-2H3;2-6H,1H3. The van der Waals surface area contributed by atoms with Crippen LogP contribution in [0.1, 0.15) is 5.56 Å². The van der Waals surface area contributed by atoms with Gasteiger partial charge in [0.05, 0.1) is 14.2 Å². The number of phenols is 1. The molecule has 2 aromatic rings. The Labute approximate surface area is 108 Å². The van der Waals surface area contributed by atoms with Gasteiger partial charge in [-0.1, -0.05) is 35.9 Å². The van der Waals surface area contributed by atoms with E-state index >= 15 is 0 Å². The molecule has 0 aliphatic heterocycles. The van der Waals surface area contributed by atoms with Crippen LogP contribution in [0.5, 0.6) is 17.2 Å². The van der Waals surface area contributed by atoms with E-state index in [0.29, 0.717) is 11.5 Å². The molecule has 1 N–H and O–H groups in total. The summed E-state index contributed by atoms with van der Waals surface area (Å²) in [6.45, 7) is 2.08. The Morgan fingerprint density at radius 2 is 1.44 bits per heavy atom. The molecule has 0 aliphatic carbocycles. The third kappa shape index (κ3) is 4.37. The molecule has 0 aromatic heterocycles. The molecule has 0 radical (unpaired) electrons. The normalized spacial score (nSPS) is 9.06. The summed E-state index contributed by atoms with van der Waals surface area (Å²) in [6, 6.07) is 15.0. The minimum Gasteiger partial charge on any atom is -0.508 e. The quantitative estimate of drug-likeness (QED) is 0.882. The Morgan fingerprint density at radius 3 is 1.89 bits per heavy atom. The van der Waals surface area contributed by atoms with Gasteiger partial charge in [0.25, 0.3) is 0 Å². The lowest BCUT2D eigenvalue weighted by Gasteiger charge is -2.06. The molecule has 0 saturated carbocycles. The lowest BCUT2D eigenvalue weighted by atomic mass is 10.2. The predicted molar refractivity (Wildman–Crippen MR) is 72.4 cm³/mol. The smallest absolute Gasteiger partial charge is 0.164 e. The molecule has 0 saturated heterocycles. The summed E-state index contributed by atoms with van der Waals surface area (Å²) in [4.78, 5) is 0. The van der Waals surface area contributed by atoms with E-state index in [1.54, 1.807) is 19.2 Å². The van der Waals surface area contributed by atoms with Gasteiger partial charge in [-0.3, -0.25) is 0 Å². The molecule has 0 fully saturated rings. The summed E-state index contributed by atoms with van der Waals surface area (Å²) in [7, 11) is 3.08. The molecule has 2 rings (SSSR count). The second-order valence-corrected chi connectivity index (χ2v) is 3.69. The first-order valence-corrected chi connectivity index (χ1v) is 5.60. The van der Waals surface area contributed by atoms with Crippen molar-refractivity contribution in [3.8, 4) is 17.2 Å². The SMILES string of the molecule is COc1ccc(O)cc1OC.Cc1ccccc1. The summed E-state index contributed by atoms with van der Waals surface area (Å²) in [5.74, 6) is 1.32. The first-order valence-electron chi connectivity index (χ1n) is 5.60. The molecule has 2 aromatic carbocycles. The van der Waals surface area contributed by atoms with E-state index in [9.17, 15) is 0 Å². The topological polar surface area (TPSA) is 38.7 Å². The van der Waals surface area contributed by atoms with E-state index in [4.69, 9.17) is 14.6 Å². The highest BCUT2D eigenvalue weighted by atomic mass is 16.5. The van der Waals surface area contributed by atoms with Crippen molar-refractivity contribution in [1.29, 1.82) is 0 Å². The number of rotatable bonds is 2. The first kappa shape index (κ1) is 13.9. The van der Waals surface area contributed by atoms with Crippen molar-refractivity contribution in [2.45, 2.75) is 6.92 Å². The molecule has 3 nitrogen and oxygen atoms in total. The molecule has 0 unspecified atom stereocenters. The highest BCUT2D eigenvalue weighted by molar-refractivity contribution is 5.44. The maximum atomic E-state index is 9.03. The van der Waals surface area contributed by atoms with E-state index in [2.05, 4.69) is 19.1 Å². The van der Waals surface area contributed by atoms with Gasteiger partial charge in [-0.05, 0) is 19.1 Å². The Balaban J connectivity index is 0.000000199. The van der Waals surface area contributed by atoms with Crippen LogP contribution >= 0.6 is 0 Å². The molecule has 96 valence electrons. The Kier molecular flexibility index (Phi) is 5.58. The molecule has 0 bridgehead atoms. The maximum Gasteiger partial charge on any atom is 0.164 e. The fourth-order valence-electron chi connectivity index (χ4n) is 1.36. The van der Waals surface area contributed by atoms with Crippen molar-refractivity contribution in [1.82, 2.24) is 0 Å². The molecular weight excluding hydrogens is 228 g/mol. The van der Waals surface area contributed by atoms with Gasteiger partial charge in [-0.15, -0.1) is 0 Å². The van der Waals surface area contributed by atoms with E-state index in [0.717, 1.165) is 0 Å². The molecule has 0 amide bonds. The Morgan fingerprint density at radius 1 is 0.833 bits per heavy atom. The molecular formula is C15H18O3. The van der Waals surface area contributed by atoms with E-state index in [-0.39, 0.29) is 5.75 Å². The summed E-state index contributed by atoms with van der Waals surface area (Å²) in [5, 5.41) is 9.03. The fourth-order valence-corrected chi connectivity index (χ4v) is 1.36. The lowest BCUT2D eigenvalue weighted by molar-refractivity contribution is 0.351. The Hall–Kier alpha value is -2.16. The largest absolute Gasteiger partial charge is 0.508 e. The monoisotopic (exact) mass is 246 g/mol. The lowest BCUT2D eigenvalue weighted by Crippen LogP contribution is -1.88. The second-order valence-electron chi connectivity index (χ2n) is 3.69. The fraction of sp³-hybridized carbons (Fsp3) is 0.200. The Bertz CT molecular complexity index is 466. The average Bonchev–Trinajstić information content (AvgIpc) is 2.40. The zero-order chi connectivity index (χ0) is 13.4. The van der Waals surface area contributed by atoms with Crippen molar-refractivity contribution < 1.29 is 14.6 Å². The van der Waals surface area contributed by atoms with Gasteiger partial charge < -0.3 is 14.6 Å². The van der Waals surface area contributed by atoms with Crippen LogP contribution < -0.4 is 9.47 Å². The number of hydrogen-bond acceptors (Lipinski definition) is 3. The molecule has 0 heterocycles. The van der Waals surface area contributed by atoms with Gasteiger partial charge in [0.1, 0.15) is 5.75 Å². The maximum absolute atomic E-state index is 9.03. The number of methoxy groups -OCH3 is 2. The number of aromatic hydroxyl groups is 1. The first-order chi connectivity index (χ1) is 8.67. The van der Waals surface area contributed by atoms with Crippen molar-refractivity contribution in [3.63, 3.8) is 0 Å². The summed E-state index contributed by atoms with van der Waals surface area (Å²) in [6.07, 6.45) is 0. The number of phenolic OH excluding ortho intramolecular Hbond substituents is 1. The minimum atomic E-state index is 0.169. The van der Waals surface area contributed by atoms with Gasteiger partial charge in [0.2, 0.25) is 0 Å². The average molecular weight is 246 g/mol. The van der Waals surface area contributed by atoms with Crippen LogP contribution in [-0.4, -0.2) is 19.3 Å². The molecule has 3 heteroatoms. The summed E-state index contributed by atoms with van der Waals surface area (Å²) >= 11 is 0. The molecule has 0 atom stereocenters. The van der Waals surface area contributed by atoms with Crippen LogP contribution in [0.25, 0.3) is 0 Å². The van der Waals surface area contributed by atoms with Gasteiger partial charge in [0.15, 0.2) is 11.5 Å². The second kappa shape index (κ2) is 7.22. The van der Waals surface area contributed by atoms with Crippen molar-refractivity contribution in [2.75, 3.05) is 14.2 Å². The zero-order valence-corrected chi connectivity index (χ0v) is 10.9. The number of hydrogen-bond donors (Lipinski definition) is 1.